The number of aryl methyl sites for hydroxylation is 1. The third-order valence-corrected chi connectivity index (χ3v) is 5.51. The molecule has 6 heteroatoms. The highest BCUT2D eigenvalue weighted by Crippen LogP contribution is 2.38. The molecule has 1 aliphatic heterocycles. The number of fused-ring (bicyclic) bond motifs is 3. The van der Waals surface area contributed by atoms with Crippen molar-refractivity contribution in [3.63, 3.8) is 0 Å². The molecule has 0 saturated carbocycles. The molecule has 0 unspecified atom stereocenters. The van der Waals surface area contributed by atoms with Crippen LogP contribution in [0.4, 0.5) is 0 Å². The molecule has 156 valence electrons. The van der Waals surface area contributed by atoms with Crippen molar-refractivity contribution in [1.82, 2.24) is 20.0 Å². The SMILES string of the molecule is CCN(CCCNC(=O)c1nn(C)c2c1COc1ccccc1-2)Cc1ccccc1. The number of hydrogen-bond donors (Lipinski definition) is 1. The molecule has 2 heterocycles. The molecular weight excluding hydrogens is 376 g/mol. The van der Waals surface area contributed by atoms with Gasteiger partial charge in [-0.3, -0.25) is 14.4 Å². The van der Waals surface area contributed by atoms with Crippen LogP contribution in [0.3, 0.4) is 0 Å². The molecular formula is C24H28N4O2. The molecule has 30 heavy (non-hydrogen) atoms. The van der Waals surface area contributed by atoms with Crippen molar-refractivity contribution < 1.29 is 9.53 Å². The van der Waals surface area contributed by atoms with Gasteiger partial charge in [0.2, 0.25) is 0 Å². The van der Waals surface area contributed by atoms with Crippen molar-refractivity contribution in [2.75, 3.05) is 19.6 Å². The zero-order valence-electron chi connectivity index (χ0n) is 17.6. The van der Waals surface area contributed by atoms with Gasteiger partial charge in [-0.25, -0.2) is 0 Å². The van der Waals surface area contributed by atoms with E-state index in [1.165, 1.54) is 5.56 Å². The molecule has 1 N–H and O–H groups in total. The van der Waals surface area contributed by atoms with E-state index in [9.17, 15) is 4.79 Å². The minimum absolute atomic E-state index is 0.138. The summed E-state index contributed by atoms with van der Waals surface area (Å²) in [6, 6.07) is 18.3. The lowest BCUT2D eigenvalue weighted by Gasteiger charge is -2.20. The topological polar surface area (TPSA) is 59.4 Å². The average molecular weight is 405 g/mol. The predicted octanol–water partition coefficient (Wildman–Crippen LogP) is 3.62. The summed E-state index contributed by atoms with van der Waals surface area (Å²) in [6.45, 7) is 5.99. The average Bonchev–Trinajstić information content (AvgIpc) is 3.13. The van der Waals surface area contributed by atoms with Crippen molar-refractivity contribution in [2.24, 2.45) is 7.05 Å². The first kappa shape index (κ1) is 20.2. The lowest BCUT2D eigenvalue weighted by molar-refractivity contribution is 0.0943. The molecule has 0 aliphatic carbocycles. The number of hydrogen-bond acceptors (Lipinski definition) is 4. The van der Waals surface area contributed by atoms with Crippen LogP contribution < -0.4 is 10.1 Å². The van der Waals surface area contributed by atoms with E-state index in [4.69, 9.17) is 4.74 Å². The van der Waals surface area contributed by atoms with E-state index in [0.717, 1.165) is 48.6 Å². The van der Waals surface area contributed by atoms with Crippen LogP contribution >= 0.6 is 0 Å². The Kier molecular flexibility index (Phi) is 6.14. The van der Waals surface area contributed by atoms with Crippen LogP contribution in [-0.4, -0.2) is 40.2 Å². The summed E-state index contributed by atoms with van der Waals surface area (Å²) in [7, 11) is 1.88. The highest BCUT2D eigenvalue weighted by molar-refractivity contribution is 5.96. The van der Waals surface area contributed by atoms with Crippen molar-refractivity contribution in [1.29, 1.82) is 0 Å². The number of carbonyl (C=O) groups excluding carboxylic acids is 1. The van der Waals surface area contributed by atoms with E-state index < -0.39 is 0 Å². The standard InChI is InChI=1S/C24H28N4O2/c1-3-28(16-18-10-5-4-6-11-18)15-9-14-25-24(29)22-20-17-30-21-13-8-7-12-19(21)23(20)27(2)26-22/h4-8,10-13H,3,9,14-17H2,1-2H3,(H,25,29). The smallest absolute Gasteiger partial charge is 0.272 e. The minimum Gasteiger partial charge on any atom is -0.488 e. The van der Waals surface area contributed by atoms with Gasteiger partial charge in [0.05, 0.1) is 5.69 Å². The van der Waals surface area contributed by atoms with Gasteiger partial charge >= 0.3 is 0 Å². The molecule has 1 amide bonds. The van der Waals surface area contributed by atoms with Crippen LogP contribution in [0.2, 0.25) is 0 Å². The molecule has 4 rings (SSSR count). The van der Waals surface area contributed by atoms with Gasteiger partial charge in [-0.1, -0.05) is 49.4 Å². The zero-order valence-corrected chi connectivity index (χ0v) is 17.6. The van der Waals surface area contributed by atoms with E-state index in [1.807, 2.05) is 37.4 Å². The van der Waals surface area contributed by atoms with Crippen molar-refractivity contribution in [3.8, 4) is 17.0 Å². The summed E-state index contributed by atoms with van der Waals surface area (Å²) >= 11 is 0. The minimum atomic E-state index is -0.138. The Morgan fingerprint density at radius 1 is 1.17 bits per heavy atom. The third kappa shape index (κ3) is 4.24. The van der Waals surface area contributed by atoms with Gasteiger partial charge in [0.15, 0.2) is 5.69 Å². The highest BCUT2D eigenvalue weighted by Gasteiger charge is 2.27. The Labute approximate surface area is 177 Å². The molecule has 1 aliphatic rings. The number of amides is 1. The van der Waals surface area contributed by atoms with Gasteiger partial charge in [0, 0.05) is 37.8 Å². The van der Waals surface area contributed by atoms with Crippen molar-refractivity contribution in [2.45, 2.75) is 26.5 Å². The van der Waals surface area contributed by atoms with E-state index in [1.54, 1.807) is 4.68 Å². The fraction of sp³-hybridized carbons (Fsp3) is 0.333. The second-order valence-corrected chi connectivity index (χ2v) is 7.55. The van der Waals surface area contributed by atoms with E-state index in [2.05, 4.69) is 46.5 Å². The maximum absolute atomic E-state index is 12.8. The molecule has 0 fully saturated rings. The largest absolute Gasteiger partial charge is 0.488 e. The molecule has 2 aromatic carbocycles. The maximum Gasteiger partial charge on any atom is 0.272 e. The van der Waals surface area contributed by atoms with Gasteiger partial charge < -0.3 is 10.1 Å². The molecule has 1 aromatic heterocycles. The second kappa shape index (κ2) is 9.13. The molecule has 6 nitrogen and oxygen atoms in total. The van der Waals surface area contributed by atoms with Gasteiger partial charge in [-0.2, -0.15) is 5.10 Å². The summed E-state index contributed by atoms with van der Waals surface area (Å²) in [4.78, 5) is 15.2. The summed E-state index contributed by atoms with van der Waals surface area (Å²) < 4.78 is 7.62. The Bertz CT molecular complexity index is 1010. The van der Waals surface area contributed by atoms with Crippen molar-refractivity contribution in [3.05, 3.63) is 71.4 Å². The molecule has 0 radical (unpaired) electrons. The summed E-state index contributed by atoms with van der Waals surface area (Å²) in [5.74, 6) is 0.693. The highest BCUT2D eigenvalue weighted by atomic mass is 16.5. The van der Waals surface area contributed by atoms with Gasteiger partial charge in [0.1, 0.15) is 12.4 Å². The number of carbonyl (C=O) groups is 1. The van der Waals surface area contributed by atoms with Crippen LogP contribution in [0, 0.1) is 0 Å². The molecule has 0 atom stereocenters. The Hall–Kier alpha value is -3.12. The summed E-state index contributed by atoms with van der Waals surface area (Å²) in [5, 5.41) is 7.52. The van der Waals surface area contributed by atoms with Crippen LogP contribution in [-0.2, 0) is 20.2 Å². The lowest BCUT2D eigenvalue weighted by Crippen LogP contribution is -2.30. The second-order valence-electron chi connectivity index (χ2n) is 7.55. The van der Waals surface area contributed by atoms with Gasteiger partial charge in [-0.05, 0) is 30.7 Å². The first-order valence-corrected chi connectivity index (χ1v) is 10.5. The van der Waals surface area contributed by atoms with Crippen LogP contribution in [0.15, 0.2) is 54.6 Å². The monoisotopic (exact) mass is 404 g/mol. The Morgan fingerprint density at radius 2 is 1.93 bits per heavy atom. The number of aromatic nitrogens is 2. The zero-order chi connectivity index (χ0) is 20.9. The molecule has 0 saturated heterocycles. The fourth-order valence-corrected chi connectivity index (χ4v) is 3.94. The predicted molar refractivity (Wildman–Crippen MR) is 117 cm³/mol. The first-order valence-electron chi connectivity index (χ1n) is 10.5. The molecule has 3 aromatic rings. The van der Waals surface area contributed by atoms with Gasteiger partial charge in [0.25, 0.3) is 5.91 Å². The number of para-hydroxylation sites is 1. The van der Waals surface area contributed by atoms with E-state index in [0.29, 0.717) is 18.8 Å². The number of rotatable bonds is 8. The quantitative estimate of drug-likeness (QED) is 0.583. The van der Waals surface area contributed by atoms with Crippen LogP contribution in [0.25, 0.3) is 11.3 Å². The summed E-state index contributed by atoms with van der Waals surface area (Å²) in [5.41, 5.74) is 4.56. The number of nitrogens with one attached hydrogen (secondary N) is 1. The first-order chi connectivity index (χ1) is 14.7. The Balaban J connectivity index is 1.34. The lowest BCUT2D eigenvalue weighted by atomic mass is 10.0. The summed E-state index contributed by atoms with van der Waals surface area (Å²) in [6.07, 6.45) is 0.890. The van der Waals surface area contributed by atoms with E-state index >= 15 is 0 Å². The van der Waals surface area contributed by atoms with Gasteiger partial charge in [-0.15, -0.1) is 0 Å². The van der Waals surface area contributed by atoms with Crippen LogP contribution in [0.5, 0.6) is 5.75 Å². The fourth-order valence-electron chi connectivity index (χ4n) is 3.94. The number of ether oxygens (including phenoxy) is 1. The molecule has 0 bridgehead atoms. The van der Waals surface area contributed by atoms with Crippen molar-refractivity contribution >= 4 is 5.91 Å². The number of nitrogens with zero attached hydrogens (tertiary/aromatic N) is 3. The Morgan fingerprint density at radius 3 is 2.73 bits per heavy atom. The maximum atomic E-state index is 12.8. The number of benzene rings is 2. The normalized spacial score (nSPS) is 12.2. The van der Waals surface area contributed by atoms with Crippen LogP contribution in [0.1, 0.15) is 35.0 Å². The molecule has 0 spiro atoms. The third-order valence-electron chi connectivity index (χ3n) is 5.51. The van der Waals surface area contributed by atoms with E-state index in [-0.39, 0.29) is 5.91 Å².